The Kier molecular flexibility index (Phi) is 3.37. The number of anilines is 1. The van der Waals surface area contributed by atoms with Crippen LogP contribution in [-0.2, 0) is 4.74 Å². The Morgan fingerprint density at radius 3 is 2.95 bits per heavy atom. The van der Waals surface area contributed by atoms with Crippen molar-refractivity contribution in [1.82, 2.24) is 5.16 Å². The van der Waals surface area contributed by atoms with Crippen molar-refractivity contribution in [2.45, 2.75) is 18.9 Å². The van der Waals surface area contributed by atoms with E-state index in [0.29, 0.717) is 18.2 Å². The lowest BCUT2D eigenvalue weighted by atomic mass is 10.1. The molecule has 5 nitrogen and oxygen atoms in total. The third-order valence-corrected chi connectivity index (χ3v) is 3.09. The number of nitrogens with zero attached hydrogens (tertiary/aromatic N) is 1. The summed E-state index contributed by atoms with van der Waals surface area (Å²) in [5, 5.41) is 3.70. The van der Waals surface area contributed by atoms with Crippen LogP contribution in [-0.4, -0.2) is 24.5 Å². The van der Waals surface area contributed by atoms with Crippen molar-refractivity contribution in [3.63, 3.8) is 0 Å². The summed E-state index contributed by atoms with van der Waals surface area (Å²) in [7, 11) is 0. The molecular weight excluding hydrogens is 244 g/mol. The maximum absolute atomic E-state index is 6.00. The quantitative estimate of drug-likeness (QED) is 0.918. The van der Waals surface area contributed by atoms with Gasteiger partial charge in [-0.05, 0) is 25.0 Å². The lowest BCUT2D eigenvalue weighted by Crippen LogP contribution is -2.28. The zero-order valence-electron chi connectivity index (χ0n) is 10.5. The predicted octanol–water partition coefficient (Wildman–Crippen LogP) is 2.48. The molecule has 19 heavy (non-hydrogen) atoms. The minimum atomic E-state index is 0.0927. The molecule has 3 rings (SSSR count). The molecule has 2 N–H and O–H groups in total. The Morgan fingerprint density at radius 2 is 2.21 bits per heavy atom. The number of para-hydroxylation sites is 1. The zero-order valence-corrected chi connectivity index (χ0v) is 10.5. The number of nitrogens with two attached hydrogens (primary N) is 1. The van der Waals surface area contributed by atoms with Crippen molar-refractivity contribution >= 4 is 5.82 Å². The molecule has 5 heteroatoms. The van der Waals surface area contributed by atoms with Crippen LogP contribution in [0.15, 0.2) is 34.9 Å². The van der Waals surface area contributed by atoms with E-state index in [-0.39, 0.29) is 6.10 Å². The minimum Gasteiger partial charge on any atom is -0.487 e. The average Bonchev–Trinajstić information content (AvgIpc) is 2.87. The van der Waals surface area contributed by atoms with Crippen LogP contribution < -0.4 is 10.5 Å². The summed E-state index contributed by atoms with van der Waals surface area (Å²) in [6.07, 6.45) is 2.13. The van der Waals surface area contributed by atoms with E-state index in [1.54, 1.807) is 6.07 Å². The Balaban J connectivity index is 1.84. The summed E-state index contributed by atoms with van der Waals surface area (Å²) < 4.78 is 16.6. The predicted molar refractivity (Wildman–Crippen MR) is 70.8 cm³/mol. The van der Waals surface area contributed by atoms with E-state index in [1.807, 2.05) is 24.3 Å². The van der Waals surface area contributed by atoms with Gasteiger partial charge >= 0.3 is 0 Å². The van der Waals surface area contributed by atoms with Gasteiger partial charge in [-0.3, -0.25) is 0 Å². The van der Waals surface area contributed by atoms with E-state index in [9.17, 15) is 0 Å². The molecule has 0 amide bonds. The first kappa shape index (κ1) is 12.0. The van der Waals surface area contributed by atoms with Gasteiger partial charge in [0, 0.05) is 12.7 Å². The molecule has 1 aromatic carbocycles. The van der Waals surface area contributed by atoms with Crippen LogP contribution in [0.3, 0.4) is 0 Å². The van der Waals surface area contributed by atoms with Crippen LogP contribution in [0.5, 0.6) is 5.75 Å². The molecule has 1 aromatic heterocycles. The van der Waals surface area contributed by atoms with E-state index in [1.165, 1.54) is 0 Å². The van der Waals surface area contributed by atoms with Gasteiger partial charge in [-0.1, -0.05) is 17.3 Å². The van der Waals surface area contributed by atoms with Gasteiger partial charge in [-0.2, -0.15) is 0 Å². The second kappa shape index (κ2) is 5.32. The number of hydrogen-bond acceptors (Lipinski definition) is 5. The van der Waals surface area contributed by atoms with E-state index < -0.39 is 0 Å². The van der Waals surface area contributed by atoms with Gasteiger partial charge in [-0.15, -0.1) is 0 Å². The average molecular weight is 260 g/mol. The largest absolute Gasteiger partial charge is 0.487 e. The molecule has 1 atom stereocenters. The van der Waals surface area contributed by atoms with E-state index >= 15 is 0 Å². The molecule has 2 aromatic rings. The summed E-state index contributed by atoms with van der Waals surface area (Å²) in [6.45, 7) is 1.45. The molecular formula is C14H16N2O3. The molecule has 0 bridgehead atoms. The Bertz CT molecular complexity index is 547. The summed E-state index contributed by atoms with van der Waals surface area (Å²) in [6, 6.07) is 9.40. The molecule has 1 aliphatic heterocycles. The van der Waals surface area contributed by atoms with Crippen LogP contribution in [0.1, 0.15) is 12.8 Å². The van der Waals surface area contributed by atoms with Crippen molar-refractivity contribution in [3.05, 3.63) is 30.3 Å². The Hall–Kier alpha value is -2.01. The molecule has 0 spiro atoms. The van der Waals surface area contributed by atoms with Gasteiger partial charge in [0.05, 0.1) is 12.2 Å². The highest BCUT2D eigenvalue weighted by Gasteiger charge is 2.18. The van der Waals surface area contributed by atoms with Gasteiger partial charge in [0.15, 0.2) is 11.6 Å². The van der Waals surface area contributed by atoms with Crippen molar-refractivity contribution in [2.24, 2.45) is 0 Å². The number of nitrogen functional groups attached to an aromatic ring is 1. The van der Waals surface area contributed by atoms with E-state index in [0.717, 1.165) is 30.8 Å². The van der Waals surface area contributed by atoms with Crippen LogP contribution >= 0.6 is 0 Å². The van der Waals surface area contributed by atoms with Gasteiger partial charge in [0.1, 0.15) is 11.9 Å². The SMILES string of the molecule is Nc1cc(-c2ccccc2OC2CCCOC2)on1. The number of hydrogen-bond donors (Lipinski definition) is 1. The summed E-state index contributed by atoms with van der Waals surface area (Å²) in [5.41, 5.74) is 6.44. The Morgan fingerprint density at radius 1 is 1.32 bits per heavy atom. The maximum Gasteiger partial charge on any atom is 0.172 e. The zero-order chi connectivity index (χ0) is 13.1. The Labute approximate surface area is 111 Å². The van der Waals surface area contributed by atoms with Crippen LogP contribution in [0, 0.1) is 0 Å². The fraction of sp³-hybridized carbons (Fsp3) is 0.357. The molecule has 0 radical (unpaired) electrons. The third-order valence-electron chi connectivity index (χ3n) is 3.09. The molecule has 1 fully saturated rings. The smallest absolute Gasteiger partial charge is 0.172 e. The minimum absolute atomic E-state index is 0.0927. The van der Waals surface area contributed by atoms with Crippen molar-refractivity contribution in [2.75, 3.05) is 18.9 Å². The molecule has 2 heterocycles. The topological polar surface area (TPSA) is 70.5 Å². The van der Waals surface area contributed by atoms with E-state index in [2.05, 4.69) is 5.16 Å². The highest BCUT2D eigenvalue weighted by molar-refractivity contribution is 5.67. The number of rotatable bonds is 3. The molecule has 0 aliphatic carbocycles. The van der Waals surface area contributed by atoms with Gasteiger partial charge in [0.25, 0.3) is 0 Å². The summed E-state index contributed by atoms with van der Waals surface area (Å²) >= 11 is 0. The fourth-order valence-electron chi connectivity index (χ4n) is 2.17. The molecule has 100 valence electrons. The monoisotopic (exact) mass is 260 g/mol. The first-order valence-electron chi connectivity index (χ1n) is 6.39. The van der Waals surface area contributed by atoms with E-state index in [4.69, 9.17) is 19.7 Å². The van der Waals surface area contributed by atoms with Gasteiger partial charge in [0.2, 0.25) is 0 Å². The first-order valence-corrected chi connectivity index (χ1v) is 6.39. The van der Waals surface area contributed by atoms with Crippen molar-refractivity contribution in [3.8, 4) is 17.1 Å². The van der Waals surface area contributed by atoms with Crippen LogP contribution in [0.25, 0.3) is 11.3 Å². The second-order valence-corrected chi connectivity index (χ2v) is 4.57. The van der Waals surface area contributed by atoms with Gasteiger partial charge in [-0.25, -0.2) is 0 Å². The third kappa shape index (κ3) is 2.71. The highest BCUT2D eigenvalue weighted by atomic mass is 16.5. The summed E-state index contributed by atoms with van der Waals surface area (Å²) in [4.78, 5) is 0. The normalized spacial score (nSPS) is 19.3. The first-order chi connectivity index (χ1) is 9.33. The second-order valence-electron chi connectivity index (χ2n) is 4.57. The molecule has 1 unspecified atom stereocenters. The van der Waals surface area contributed by atoms with Crippen molar-refractivity contribution in [1.29, 1.82) is 0 Å². The van der Waals surface area contributed by atoms with Crippen LogP contribution in [0.2, 0.25) is 0 Å². The lowest BCUT2D eigenvalue weighted by Gasteiger charge is -2.24. The standard InChI is InChI=1S/C14H16N2O3/c15-14-8-13(19-16-14)11-5-1-2-6-12(11)18-10-4-3-7-17-9-10/h1-2,5-6,8,10H,3-4,7,9H2,(H2,15,16). The van der Waals surface area contributed by atoms with Gasteiger partial charge < -0.3 is 19.7 Å². The molecule has 1 aliphatic rings. The lowest BCUT2D eigenvalue weighted by molar-refractivity contribution is 0.00762. The summed E-state index contributed by atoms with van der Waals surface area (Å²) in [5.74, 6) is 1.75. The highest BCUT2D eigenvalue weighted by Crippen LogP contribution is 2.32. The molecule has 0 saturated carbocycles. The number of aromatic nitrogens is 1. The number of ether oxygens (including phenoxy) is 2. The van der Waals surface area contributed by atoms with Crippen LogP contribution in [0.4, 0.5) is 5.82 Å². The molecule has 1 saturated heterocycles. The van der Waals surface area contributed by atoms with Crippen molar-refractivity contribution < 1.29 is 14.0 Å². The fourth-order valence-corrected chi connectivity index (χ4v) is 2.17. The number of benzene rings is 1. The maximum atomic E-state index is 6.00.